The first-order valence-electron chi connectivity index (χ1n) is 9.40. The van der Waals surface area contributed by atoms with E-state index in [1.54, 1.807) is 18.2 Å². The zero-order chi connectivity index (χ0) is 22.4. The van der Waals surface area contributed by atoms with Gasteiger partial charge >= 0.3 is 5.97 Å². The maximum atomic E-state index is 13.5. The number of halogens is 2. The molecule has 0 saturated carbocycles. The predicted octanol–water partition coefficient (Wildman–Crippen LogP) is 5.20. The summed E-state index contributed by atoms with van der Waals surface area (Å²) in [7, 11) is 1.54. The van der Waals surface area contributed by atoms with Crippen LogP contribution in [0.2, 0.25) is 0 Å². The minimum absolute atomic E-state index is 0.122. The van der Waals surface area contributed by atoms with Crippen molar-refractivity contribution in [2.24, 2.45) is 0 Å². The maximum absolute atomic E-state index is 13.5. The van der Waals surface area contributed by atoms with Gasteiger partial charge < -0.3 is 14.9 Å². The van der Waals surface area contributed by atoms with Crippen LogP contribution in [0.15, 0.2) is 40.9 Å². The SMILES string of the molecule is COc1c(Br)cc(C(C)C)c(C=CC(O)CC(=O)CC(=O)O)c1-c1ccc(F)cc1. The van der Waals surface area contributed by atoms with Gasteiger partial charge in [-0.05, 0) is 56.7 Å². The molecule has 160 valence electrons. The highest BCUT2D eigenvalue weighted by molar-refractivity contribution is 9.10. The standard InChI is InChI=1S/C23H24BrFO5/c1-13(2)19-12-20(24)23(30-3)22(14-4-6-15(25)7-5-14)18(19)9-8-16(26)10-17(27)11-21(28)29/h4-9,12-13,16,26H,10-11H2,1-3H3,(H,28,29). The lowest BCUT2D eigenvalue weighted by Gasteiger charge is -2.20. The largest absolute Gasteiger partial charge is 0.495 e. The van der Waals surface area contributed by atoms with E-state index in [2.05, 4.69) is 15.9 Å². The summed E-state index contributed by atoms with van der Waals surface area (Å²) in [4.78, 5) is 22.3. The summed E-state index contributed by atoms with van der Waals surface area (Å²) < 4.78 is 19.8. The van der Waals surface area contributed by atoms with Gasteiger partial charge in [0.1, 0.15) is 23.8 Å². The number of aliphatic carboxylic acids is 1. The quantitative estimate of drug-likeness (QED) is 0.484. The van der Waals surface area contributed by atoms with Gasteiger partial charge in [0, 0.05) is 12.0 Å². The first kappa shape index (κ1) is 23.8. The number of methoxy groups -OCH3 is 1. The van der Waals surface area contributed by atoms with E-state index in [0.29, 0.717) is 5.75 Å². The number of Topliss-reactive ketones (excluding diaryl/α,β-unsaturated/α-hetero) is 1. The van der Waals surface area contributed by atoms with Gasteiger partial charge in [-0.1, -0.05) is 38.1 Å². The summed E-state index contributed by atoms with van der Waals surface area (Å²) >= 11 is 3.54. The lowest BCUT2D eigenvalue weighted by Crippen LogP contribution is -2.14. The normalized spacial score (nSPS) is 12.4. The first-order valence-corrected chi connectivity index (χ1v) is 10.2. The van der Waals surface area contributed by atoms with E-state index in [1.165, 1.54) is 25.3 Å². The molecule has 2 rings (SSSR count). The fraction of sp³-hybridized carbons (Fsp3) is 0.304. The summed E-state index contributed by atoms with van der Waals surface area (Å²) in [5.74, 6) is -1.47. The number of carboxylic acids is 1. The van der Waals surface area contributed by atoms with Gasteiger partial charge in [-0.25, -0.2) is 4.39 Å². The molecule has 0 aliphatic heterocycles. The third-order valence-corrected chi connectivity index (χ3v) is 5.12. The van der Waals surface area contributed by atoms with Crippen LogP contribution in [-0.4, -0.2) is 35.2 Å². The molecule has 30 heavy (non-hydrogen) atoms. The number of rotatable bonds is 9. The number of ketones is 1. The molecule has 5 nitrogen and oxygen atoms in total. The summed E-state index contributed by atoms with van der Waals surface area (Å²) in [6.07, 6.45) is 1.10. The Balaban J connectivity index is 2.56. The molecule has 1 atom stereocenters. The highest BCUT2D eigenvalue weighted by Crippen LogP contribution is 2.43. The van der Waals surface area contributed by atoms with Gasteiger partial charge in [0.2, 0.25) is 0 Å². The van der Waals surface area contributed by atoms with Crippen molar-refractivity contribution in [3.8, 4) is 16.9 Å². The molecule has 2 aromatic rings. The van der Waals surface area contributed by atoms with Crippen molar-refractivity contribution in [2.45, 2.75) is 38.7 Å². The number of carboxylic acid groups (broad SMARTS) is 1. The molecular weight excluding hydrogens is 455 g/mol. The molecule has 0 bridgehead atoms. The third-order valence-electron chi connectivity index (χ3n) is 4.54. The number of hydrogen-bond donors (Lipinski definition) is 2. The van der Waals surface area contributed by atoms with Crippen molar-refractivity contribution in [1.82, 2.24) is 0 Å². The Morgan fingerprint density at radius 3 is 2.40 bits per heavy atom. The molecule has 0 spiro atoms. The van der Waals surface area contributed by atoms with Crippen molar-refractivity contribution < 1.29 is 28.9 Å². The molecule has 0 saturated heterocycles. The highest BCUT2D eigenvalue weighted by atomic mass is 79.9. The van der Waals surface area contributed by atoms with E-state index in [-0.39, 0.29) is 18.2 Å². The number of ether oxygens (including phenoxy) is 1. The third kappa shape index (κ3) is 6.00. The highest BCUT2D eigenvalue weighted by Gasteiger charge is 2.20. The van der Waals surface area contributed by atoms with Crippen molar-refractivity contribution in [3.63, 3.8) is 0 Å². The fourth-order valence-electron chi connectivity index (χ4n) is 3.18. The molecule has 0 amide bonds. The average Bonchev–Trinajstić information content (AvgIpc) is 2.66. The van der Waals surface area contributed by atoms with E-state index in [1.807, 2.05) is 19.9 Å². The second-order valence-electron chi connectivity index (χ2n) is 7.17. The Morgan fingerprint density at radius 2 is 1.87 bits per heavy atom. The van der Waals surface area contributed by atoms with E-state index in [0.717, 1.165) is 26.7 Å². The van der Waals surface area contributed by atoms with Crippen molar-refractivity contribution >= 4 is 33.8 Å². The molecule has 2 N–H and O–H groups in total. The van der Waals surface area contributed by atoms with Crippen LogP contribution in [0, 0.1) is 5.82 Å². The zero-order valence-electron chi connectivity index (χ0n) is 17.0. The van der Waals surface area contributed by atoms with E-state index < -0.39 is 24.3 Å². The number of carbonyl (C=O) groups is 2. The van der Waals surface area contributed by atoms with Gasteiger partial charge in [-0.15, -0.1) is 0 Å². The smallest absolute Gasteiger partial charge is 0.310 e. The zero-order valence-corrected chi connectivity index (χ0v) is 18.6. The summed E-state index contributed by atoms with van der Waals surface area (Å²) in [6, 6.07) is 7.94. The molecule has 0 aromatic heterocycles. The maximum Gasteiger partial charge on any atom is 0.310 e. The second kappa shape index (κ2) is 10.5. The van der Waals surface area contributed by atoms with Gasteiger partial charge in [0.15, 0.2) is 0 Å². The van der Waals surface area contributed by atoms with Crippen LogP contribution < -0.4 is 4.74 Å². The van der Waals surface area contributed by atoms with Crippen molar-refractivity contribution in [1.29, 1.82) is 0 Å². The summed E-state index contributed by atoms with van der Waals surface area (Å²) in [6.45, 7) is 4.04. The van der Waals surface area contributed by atoms with Crippen LogP contribution >= 0.6 is 15.9 Å². The predicted molar refractivity (Wildman–Crippen MR) is 117 cm³/mol. The molecule has 0 heterocycles. The van der Waals surface area contributed by atoms with Crippen LogP contribution in [-0.2, 0) is 9.59 Å². The Hall–Kier alpha value is -2.51. The number of benzene rings is 2. The van der Waals surface area contributed by atoms with Crippen LogP contribution in [0.1, 0.15) is 43.7 Å². The molecule has 7 heteroatoms. The van der Waals surface area contributed by atoms with Crippen molar-refractivity contribution in [3.05, 3.63) is 57.8 Å². The summed E-state index contributed by atoms with van der Waals surface area (Å²) in [5.41, 5.74) is 3.17. The monoisotopic (exact) mass is 478 g/mol. The minimum atomic E-state index is -1.23. The molecule has 2 aromatic carbocycles. The number of carbonyl (C=O) groups excluding carboxylic acids is 1. The van der Waals surface area contributed by atoms with Crippen LogP contribution in [0.3, 0.4) is 0 Å². The fourth-order valence-corrected chi connectivity index (χ4v) is 3.78. The number of aliphatic hydroxyl groups is 1. The van der Waals surface area contributed by atoms with E-state index >= 15 is 0 Å². The Morgan fingerprint density at radius 1 is 1.23 bits per heavy atom. The Bertz CT molecular complexity index is 951. The topological polar surface area (TPSA) is 83.8 Å². The second-order valence-corrected chi connectivity index (χ2v) is 8.03. The van der Waals surface area contributed by atoms with Gasteiger partial charge in [-0.2, -0.15) is 0 Å². The molecule has 1 unspecified atom stereocenters. The molecular formula is C23H24BrFO5. The Labute approximate surface area is 183 Å². The first-order chi connectivity index (χ1) is 14.1. The molecule has 0 aliphatic rings. The Kier molecular flexibility index (Phi) is 8.32. The van der Waals surface area contributed by atoms with Crippen LogP contribution in [0.25, 0.3) is 17.2 Å². The minimum Gasteiger partial charge on any atom is -0.495 e. The lowest BCUT2D eigenvalue weighted by molar-refractivity contribution is -0.140. The van der Waals surface area contributed by atoms with E-state index in [4.69, 9.17) is 9.84 Å². The number of hydrogen-bond acceptors (Lipinski definition) is 4. The van der Waals surface area contributed by atoms with Crippen LogP contribution in [0.4, 0.5) is 4.39 Å². The molecule has 0 radical (unpaired) electrons. The summed E-state index contributed by atoms with van der Waals surface area (Å²) in [5, 5.41) is 18.9. The van der Waals surface area contributed by atoms with E-state index in [9.17, 15) is 19.1 Å². The van der Waals surface area contributed by atoms with Gasteiger partial charge in [0.25, 0.3) is 0 Å². The van der Waals surface area contributed by atoms with Gasteiger partial charge in [0.05, 0.1) is 17.7 Å². The van der Waals surface area contributed by atoms with Crippen molar-refractivity contribution in [2.75, 3.05) is 7.11 Å². The molecule has 0 aliphatic carbocycles. The average molecular weight is 479 g/mol. The molecule has 0 fully saturated rings. The van der Waals surface area contributed by atoms with Gasteiger partial charge in [-0.3, -0.25) is 9.59 Å². The number of aliphatic hydroxyl groups excluding tert-OH is 1. The lowest BCUT2D eigenvalue weighted by atomic mass is 9.88. The van der Waals surface area contributed by atoms with Crippen LogP contribution in [0.5, 0.6) is 5.75 Å².